The van der Waals surface area contributed by atoms with Crippen LogP contribution >= 0.6 is 0 Å². The van der Waals surface area contributed by atoms with Crippen LogP contribution in [0.5, 0.6) is 0 Å². The summed E-state index contributed by atoms with van der Waals surface area (Å²) in [5.41, 5.74) is -0.637. The van der Waals surface area contributed by atoms with Gasteiger partial charge in [0.05, 0.1) is 13.2 Å². The highest BCUT2D eigenvalue weighted by Crippen LogP contribution is 2.11. The van der Waals surface area contributed by atoms with Crippen LogP contribution in [0.2, 0.25) is 0 Å². The number of aliphatic hydroxyl groups excluding tert-OH is 1. The van der Waals surface area contributed by atoms with Crippen molar-refractivity contribution >= 4 is 12.1 Å². The Balaban J connectivity index is 4.64. The minimum atomic E-state index is -1.41. The number of alkyl carbamates (subject to hydrolysis) is 1. The molecular formula is C12H23NO5. The van der Waals surface area contributed by atoms with E-state index in [-0.39, 0.29) is 5.92 Å². The van der Waals surface area contributed by atoms with E-state index in [1.165, 1.54) is 7.11 Å². The van der Waals surface area contributed by atoms with Crippen LogP contribution in [0.1, 0.15) is 34.6 Å². The molecule has 0 aromatic heterocycles. The van der Waals surface area contributed by atoms with Gasteiger partial charge in [-0.1, -0.05) is 13.8 Å². The van der Waals surface area contributed by atoms with Crippen molar-refractivity contribution in [3.05, 3.63) is 0 Å². The lowest BCUT2D eigenvalue weighted by Crippen LogP contribution is -2.51. The normalized spacial score (nSPS) is 14.9. The first-order chi connectivity index (χ1) is 8.08. The predicted molar refractivity (Wildman–Crippen MR) is 66.0 cm³/mol. The van der Waals surface area contributed by atoms with Crippen molar-refractivity contribution in [1.29, 1.82) is 0 Å². The number of amides is 1. The third-order valence-electron chi connectivity index (χ3n) is 2.18. The molecule has 2 N–H and O–H groups in total. The second-order valence-electron chi connectivity index (χ2n) is 5.38. The maximum Gasteiger partial charge on any atom is 0.407 e. The van der Waals surface area contributed by atoms with E-state index in [4.69, 9.17) is 4.74 Å². The number of esters is 1. The van der Waals surface area contributed by atoms with Crippen LogP contribution in [0, 0.1) is 5.92 Å². The van der Waals surface area contributed by atoms with E-state index in [1.807, 2.05) is 0 Å². The smallest absolute Gasteiger partial charge is 0.407 e. The molecule has 0 aliphatic carbocycles. The molecule has 18 heavy (non-hydrogen) atoms. The summed E-state index contributed by atoms with van der Waals surface area (Å²) >= 11 is 0. The molecule has 0 saturated heterocycles. The van der Waals surface area contributed by atoms with Crippen molar-refractivity contribution < 1.29 is 24.2 Å². The number of methoxy groups -OCH3 is 1. The van der Waals surface area contributed by atoms with Gasteiger partial charge in [0.15, 0.2) is 6.10 Å². The molecule has 0 bridgehead atoms. The zero-order valence-electron chi connectivity index (χ0n) is 11.8. The number of hydrogen-bond donors (Lipinski definition) is 2. The van der Waals surface area contributed by atoms with Crippen LogP contribution in [0.25, 0.3) is 0 Å². The Labute approximate surface area is 108 Å². The monoisotopic (exact) mass is 261 g/mol. The van der Waals surface area contributed by atoms with Crippen molar-refractivity contribution in [3.8, 4) is 0 Å². The lowest BCUT2D eigenvalue weighted by Gasteiger charge is -2.27. The maximum absolute atomic E-state index is 11.6. The summed E-state index contributed by atoms with van der Waals surface area (Å²) in [6, 6.07) is -0.757. The van der Waals surface area contributed by atoms with Crippen molar-refractivity contribution in [2.75, 3.05) is 7.11 Å². The quantitative estimate of drug-likeness (QED) is 0.739. The van der Waals surface area contributed by atoms with Gasteiger partial charge in [-0.3, -0.25) is 0 Å². The predicted octanol–water partition coefficient (Wildman–Crippen LogP) is 1.07. The number of nitrogens with one attached hydrogen (secondary N) is 1. The Bertz CT molecular complexity index is 295. The minimum Gasteiger partial charge on any atom is -0.467 e. The van der Waals surface area contributed by atoms with Gasteiger partial charge in [0.1, 0.15) is 5.60 Å². The number of ether oxygens (including phenoxy) is 2. The van der Waals surface area contributed by atoms with Gasteiger partial charge in [0.2, 0.25) is 0 Å². The molecule has 0 rings (SSSR count). The Morgan fingerprint density at radius 1 is 1.22 bits per heavy atom. The number of carbonyl (C=O) groups excluding carboxylic acids is 2. The number of hydrogen-bond acceptors (Lipinski definition) is 5. The van der Waals surface area contributed by atoms with Crippen molar-refractivity contribution in [1.82, 2.24) is 5.32 Å². The Kier molecular flexibility index (Phi) is 6.11. The number of carbonyl (C=O) groups is 2. The van der Waals surface area contributed by atoms with E-state index in [9.17, 15) is 14.7 Å². The Hall–Kier alpha value is -1.30. The molecule has 1 amide bonds. The van der Waals surface area contributed by atoms with E-state index < -0.39 is 29.8 Å². The topological polar surface area (TPSA) is 84.9 Å². The summed E-state index contributed by atoms with van der Waals surface area (Å²) in [7, 11) is 1.18. The van der Waals surface area contributed by atoms with E-state index in [0.29, 0.717) is 0 Å². The second-order valence-corrected chi connectivity index (χ2v) is 5.38. The van der Waals surface area contributed by atoms with Crippen molar-refractivity contribution in [3.63, 3.8) is 0 Å². The standard InChI is InChI=1S/C12H23NO5/c1-7(2)8(9(14)10(15)17-6)13-11(16)18-12(3,4)5/h7-9,14H,1-6H3,(H,13,16)/t8-,9+/m0/s1. The van der Waals surface area contributed by atoms with Crippen LogP contribution in [-0.4, -0.2) is 42.0 Å². The maximum atomic E-state index is 11.6. The van der Waals surface area contributed by atoms with Crippen LogP contribution in [-0.2, 0) is 14.3 Å². The lowest BCUT2D eigenvalue weighted by molar-refractivity contribution is -0.152. The molecule has 0 aromatic rings. The summed E-state index contributed by atoms with van der Waals surface area (Å²) in [4.78, 5) is 22.9. The van der Waals surface area contributed by atoms with Gasteiger partial charge in [-0.25, -0.2) is 9.59 Å². The average molecular weight is 261 g/mol. The van der Waals surface area contributed by atoms with E-state index >= 15 is 0 Å². The van der Waals surface area contributed by atoms with Gasteiger partial charge in [0, 0.05) is 0 Å². The second kappa shape index (κ2) is 6.58. The molecule has 2 atom stereocenters. The van der Waals surface area contributed by atoms with Gasteiger partial charge >= 0.3 is 12.1 Å². The molecule has 0 fully saturated rings. The highest BCUT2D eigenvalue weighted by Gasteiger charge is 2.32. The molecule has 6 nitrogen and oxygen atoms in total. The van der Waals surface area contributed by atoms with E-state index in [2.05, 4.69) is 10.1 Å². The van der Waals surface area contributed by atoms with E-state index in [1.54, 1.807) is 34.6 Å². The highest BCUT2D eigenvalue weighted by atomic mass is 16.6. The molecule has 0 aliphatic heterocycles. The van der Waals surface area contributed by atoms with Crippen molar-refractivity contribution in [2.24, 2.45) is 5.92 Å². The summed E-state index contributed by atoms with van der Waals surface area (Å²) < 4.78 is 9.51. The molecule has 0 spiro atoms. The Morgan fingerprint density at radius 2 is 1.72 bits per heavy atom. The molecule has 106 valence electrons. The third-order valence-corrected chi connectivity index (χ3v) is 2.18. The van der Waals surface area contributed by atoms with Gasteiger partial charge in [-0.2, -0.15) is 0 Å². The molecule has 6 heteroatoms. The summed E-state index contributed by atoms with van der Waals surface area (Å²) in [5.74, 6) is -0.934. The van der Waals surface area contributed by atoms with Crippen molar-refractivity contribution in [2.45, 2.75) is 52.4 Å². The number of rotatable bonds is 4. The van der Waals surface area contributed by atoms with Gasteiger partial charge in [-0.05, 0) is 26.7 Å². The van der Waals surface area contributed by atoms with Crippen LogP contribution in [0.15, 0.2) is 0 Å². The minimum absolute atomic E-state index is 0.147. The summed E-state index contributed by atoms with van der Waals surface area (Å²) in [6.07, 6.45) is -2.09. The fourth-order valence-corrected chi connectivity index (χ4v) is 1.32. The fraction of sp³-hybridized carbons (Fsp3) is 0.833. The fourth-order valence-electron chi connectivity index (χ4n) is 1.32. The molecule has 0 radical (unpaired) electrons. The molecular weight excluding hydrogens is 238 g/mol. The highest BCUT2D eigenvalue weighted by molar-refractivity contribution is 5.77. The summed E-state index contributed by atoms with van der Waals surface area (Å²) in [6.45, 7) is 8.73. The zero-order valence-corrected chi connectivity index (χ0v) is 11.8. The van der Waals surface area contributed by atoms with Gasteiger partial charge in [0.25, 0.3) is 0 Å². The average Bonchev–Trinajstić information content (AvgIpc) is 2.20. The lowest BCUT2D eigenvalue weighted by atomic mass is 9.99. The largest absolute Gasteiger partial charge is 0.467 e. The molecule has 0 heterocycles. The van der Waals surface area contributed by atoms with Gasteiger partial charge < -0.3 is 19.9 Å². The first-order valence-electron chi connectivity index (χ1n) is 5.84. The Morgan fingerprint density at radius 3 is 2.06 bits per heavy atom. The van der Waals surface area contributed by atoms with Crippen LogP contribution in [0.4, 0.5) is 4.79 Å². The molecule has 0 aromatic carbocycles. The van der Waals surface area contributed by atoms with Crippen LogP contribution in [0.3, 0.4) is 0 Å². The zero-order chi connectivity index (χ0) is 14.5. The van der Waals surface area contributed by atoms with Crippen LogP contribution < -0.4 is 5.32 Å². The van der Waals surface area contributed by atoms with E-state index in [0.717, 1.165) is 0 Å². The first-order valence-corrected chi connectivity index (χ1v) is 5.84. The molecule has 0 aliphatic rings. The molecule has 0 saturated carbocycles. The SMILES string of the molecule is COC(=O)[C@H](O)[C@@H](NC(=O)OC(C)(C)C)C(C)C. The number of aliphatic hydroxyl groups is 1. The molecule has 0 unspecified atom stereocenters. The van der Waals surface area contributed by atoms with Gasteiger partial charge in [-0.15, -0.1) is 0 Å². The first kappa shape index (κ1) is 16.7. The summed E-state index contributed by atoms with van der Waals surface area (Å²) in [5, 5.41) is 12.2. The third kappa shape index (κ3) is 5.86.